The molecule has 0 saturated carbocycles. The highest BCUT2D eigenvalue weighted by atomic mass is 35.5. The summed E-state index contributed by atoms with van der Waals surface area (Å²) < 4.78 is 0. The van der Waals surface area contributed by atoms with Crippen LogP contribution in [0.3, 0.4) is 0 Å². The molecule has 0 fully saturated rings. The van der Waals surface area contributed by atoms with Crippen LogP contribution in [0.1, 0.15) is 68.3 Å². The van der Waals surface area contributed by atoms with E-state index in [-0.39, 0.29) is 37.6 Å². The van der Waals surface area contributed by atoms with Crippen molar-refractivity contribution in [2.75, 3.05) is 19.8 Å². The van der Waals surface area contributed by atoms with Crippen molar-refractivity contribution in [1.82, 2.24) is 29.9 Å². The molecule has 6 aromatic rings. The first-order valence-electron chi connectivity index (χ1n) is 14.5. The zero-order valence-corrected chi connectivity index (χ0v) is 28.4. The molecule has 3 aliphatic carbocycles. The monoisotopic (exact) mass is 720 g/mol. The van der Waals surface area contributed by atoms with E-state index in [1.165, 1.54) is 50.3 Å². The maximum Gasteiger partial charge on any atom is 0.141 e. The normalized spacial score (nSPS) is 19.7. The van der Waals surface area contributed by atoms with Gasteiger partial charge in [0.15, 0.2) is 0 Å². The van der Waals surface area contributed by atoms with Crippen molar-refractivity contribution in [3.8, 4) is 0 Å². The summed E-state index contributed by atoms with van der Waals surface area (Å²) in [6.45, 7) is 0.554. The van der Waals surface area contributed by atoms with Gasteiger partial charge < -0.3 is 15.3 Å². The first-order valence-corrected chi connectivity index (χ1v) is 18.1. The molecule has 9 rings (SSSR count). The van der Waals surface area contributed by atoms with Crippen molar-refractivity contribution < 1.29 is 15.3 Å². The molecule has 234 valence electrons. The molecule has 0 amide bonds. The predicted octanol–water partition coefficient (Wildman–Crippen LogP) is 7.10. The zero-order chi connectivity index (χ0) is 31.2. The van der Waals surface area contributed by atoms with Gasteiger partial charge in [-0.1, -0.05) is 34.8 Å². The highest BCUT2D eigenvalue weighted by molar-refractivity contribution is 7.19. The number of aliphatic hydroxyl groups excluding tert-OH is 3. The Morgan fingerprint density at radius 3 is 1.07 bits per heavy atom. The Balaban J connectivity index is 0.000000108. The van der Waals surface area contributed by atoms with E-state index in [4.69, 9.17) is 34.8 Å². The summed E-state index contributed by atoms with van der Waals surface area (Å²) in [5.41, 5.74) is 3.55. The first kappa shape index (κ1) is 31.5. The molecule has 0 aromatic carbocycles. The topological polar surface area (TPSA) is 138 Å². The average molecular weight is 722 g/mol. The highest BCUT2D eigenvalue weighted by Crippen LogP contribution is 2.46. The Morgan fingerprint density at radius 2 is 0.800 bits per heavy atom. The van der Waals surface area contributed by atoms with Crippen molar-refractivity contribution in [3.05, 3.63) is 65.8 Å². The fourth-order valence-corrected chi connectivity index (χ4v) is 11.2. The second-order valence-corrected chi connectivity index (χ2v) is 15.4. The summed E-state index contributed by atoms with van der Waals surface area (Å²) in [5.74, 6) is 0.659. The number of aromatic nitrogens is 6. The van der Waals surface area contributed by atoms with E-state index < -0.39 is 0 Å². The van der Waals surface area contributed by atoms with E-state index in [2.05, 4.69) is 29.9 Å². The number of thiophene rings is 3. The smallest absolute Gasteiger partial charge is 0.141 e. The van der Waals surface area contributed by atoms with Gasteiger partial charge in [0.25, 0.3) is 0 Å². The third-order valence-electron chi connectivity index (χ3n) is 8.71. The molecule has 6 aromatic heterocycles. The van der Waals surface area contributed by atoms with Crippen LogP contribution in [0.5, 0.6) is 0 Å². The minimum atomic E-state index is 0.185. The number of aliphatic hydroxyl groups is 3. The molecule has 45 heavy (non-hydrogen) atoms. The van der Waals surface area contributed by atoms with Crippen molar-refractivity contribution >= 4 is 99.5 Å². The Kier molecular flexibility index (Phi) is 9.21. The Bertz CT molecular complexity index is 1800. The Hall–Kier alpha value is -2.13. The summed E-state index contributed by atoms with van der Waals surface area (Å²) in [6.07, 6.45) is 10.6. The summed E-state index contributed by atoms with van der Waals surface area (Å²) in [7, 11) is 0. The number of hydrogen-bond acceptors (Lipinski definition) is 12. The first-order chi connectivity index (χ1) is 21.9. The maximum atomic E-state index is 9.30. The number of hydrogen-bond donors (Lipinski definition) is 3. The second-order valence-electron chi connectivity index (χ2n) is 11.1. The lowest BCUT2D eigenvalue weighted by Gasteiger charge is -2.06. The van der Waals surface area contributed by atoms with Crippen molar-refractivity contribution in [2.45, 2.75) is 56.3 Å². The van der Waals surface area contributed by atoms with Gasteiger partial charge in [-0.3, -0.25) is 0 Å². The van der Waals surface area contributed by atoms with Gasteiger partial charge in [0, 0.05) is 32.4 Å². The molecule has 3 N–H and O–H groups in total. The lowest BCUT2D eigenvalue weighted by molar-refractivity contribution is 0.265. The quantitative estimate of drug-likeness (QED) is 0.163. The molecule has 0 saturated heterocycles. The molecule has 0 spiro atoms. The molecule has 0 radical (unpaired) electrons. The molecule has 3 aliphatic rings. The molecule has 1 unspecified atom stereocenters. The largest absolute Gasteiger partial charge is 0.396 e. The lowest BCUT2D eigenvalue weighted by atomic mass is 10.0. The minimum Gasteiger partial charge on any atom is -0.396 e. The van der Waals surface area contributed by atoms with Crippen molar-refractivity contribution in [3.63, 3.8) is 0 Å². The molecule has 6 heterocycles. The van der Waals surface area contributed by atoms with Crippen LogP contribution < -0.4 is 0 Å². The average Bonchev–Trinajstić information content (AvgIpc) is 3.86. The van der Waals surface area contributed by atoms with Gasteiger partial charge >= 0.3 is 0 Å². The fourth-order valence-electron chi connectivity index (χ4n) is 6.64. The standard InChI is InChI=1S/3C10H9ClN2OS/c3*11-9-8-7-5(3-14)1-2-6(7)15-10(8)13-4-12-9/h3*4-5,14H,1-3H2/t2*5-;/m10./s1. The Morgan fingerprint density at radius 1 is 0.511 bits per heavy atom. The van der Waals surface area contributed by atoms with Crippen LogP contribution in [0, 0.1) is 0 Å². The molecule has 0 bridgehead atoms. The van der Waals surface area contributed by atoms with Crippen molar-refractivity contribution in [1.29, 1.82) is 0 Å². The maximum absolute atomic E-state index is 9.30. The van der Waals surface area contributed by atoms with Gasteiger partial charge in [0.2, 0.25) is 0 Å². The Labute approximate surface area is 284 Å². The van der Waals surface area contributed by atoms with Gasteiger partial charge in [-0.25, -0.2) is 29.9 Å². The van der Waals surface area contributed by atoms with E-state index in [9.17, 15) is 15.3 Å². The summed E-state index contributed by atoms with van der Waals surface area (Å²) in [6, 6.07) is 0. The van der Waals surface area contributed by atoms with E-state index in [0.717, 1.165) is 69.2 Å². The number of aryl methyl sites for hydroxylation is 3. The van der Waals surface area contributed by atoms with E-state index in [1.54, 1.807) is 34.0 Å². The van der Waals surface area contributed by atoms with E-state index in [1.807, 2.05) is 0 Å². The summed E-state index contributed by atoms with van der Waals surface area (Å²) >= 11 is 23.3. The number of halogens is 3. The van der Waals surface area contributed by atoms with Gasteiger partial charge in [-0.05, 0) is 55.2 Å². The molecule has 9 nitrogen and oxygen atoms in total. The molecular formula is C30H27Cl3N6O3S3. The van der Waals surface area contributed by atoms with Crippen LogP contribution in [0.15, 0.2) is 19.0 Å². The minimum absolute atomic E-state index is 0.185. The molecule has 15 heteroatoms. The third-order valence-corrected chi connectivity index (χ3v) is 13.1. The predicted molar refractivity (Wildman–Crippen MR) is 182 cm³/mol. The van der Waals surface area contributed by atoms with E-state index in [0.29, 0.717) is 15.5 Å². The lowest BCUT2D eigenvalue weighted by Crippen LogP contribution is -1.99. The van der Waals surface area contributed by atoms with Crippen LogP contribution in [0.4, 0.5) is 0 Å². The van der Waals surface area contributed by atoms with Crippen LogP contribution in [-0.2, 0) is 19.3 Å². The van der Waals surface area contributed by atoms with E-state index >= 15 is 0 Å². The molecule has 0 aliphatic heterocycles. The van der Waals surface area contributed by atoms with Gasteiger partial charge in [0.05, 0.1) is 36.0 Å². The summed E-state index contributed by atoms with van der Waals surface area (Å²) in [5, 5.41) is 32.3. The molecule has 3 atom stereocenters. The van der Waals surface area contributed by atoms with Crippen LogP contribution in [-0.4, -0.2) is 65.0 Å². The summed E-state index contributed by atoms with van der Waals surface area (Å²) in [4.78, 5) is 31.4. The molecular weight excluding hydrogens is 695 g/mol. The van der Waals surface area contributed by atoms with Crippen LogP contribution in [0.2, 0.25) is 15.5 Å². The number of rotatable bonds is 3. The number of fused-ring (bicyclic) bond motifs is 9. The number of nitrogens with zero attached hydrogens (tertiary/aromatic N) is 6. The van der Waals surface area contributed by atoms with Crippen molar-refractivity contribution in [2.24, 2.45) is 0 Å². The zero-order valence-electron chi connectivity index (χ0n) is 23.7. The SMILES string of the molecule is OCC1CCc2sc3ncnc(Cl)c3c21.OC[C@@H]1CCc2sc3ncnc(Cl)c3c21.OC[C@H]1CCc2sc3ncnc(Cl)c3c21. The van der Waals surface area contributed by atoms with Gasteiger partial charge in [-0.15, -0.1) is 34.0 Å². The second kappa shape index (κ2) is 13.2. The van der Waals surface area contributed by atoms with Gasteiger partial charge in [-0.2, -0.15) is 0 Å². The van der Waals surface area contributed by atoms with Crippen LogP contribution >= 0.6 is 68.8 Å². The van der Waals surface area contributed by atoms with Gasteiger partial charge in [0.1, 0.15) is 48.9 Å². The van der Waals surface area contributed by atoms with Crippen LogP contribution in [0.25, 0.3) is 30.6 Å². The third kappa shape index (κ3) is 5.62. The highest BCUT2D eigenvalue weighted by Gasteiger charge is 2.30. The fraction of sp³-hybridized carbons (Fsp3) is 0.400.